The van der Waals surface area contributed by atoms with Crippen LogP contribution in [0.2, 0.25) is 0 Å². The zero-order valence-electron chi connectivity index (χ0n) is 12.0. The van der Waals surface area contributed by atoms with E-state index in [1.807, 2.05) is 27.7 Å². The number of hydrogen-bond acceptors (Lipinski definition) is 4. The maximum absolute atomic E-state index is 12.2. The maximum atomic E-state index is 12.2. The van der Waals surface area contributed by atoms with Gasteiger partial charge in [0.2, 0.25) is 10.0 Å². The number of nitrogen functional groups attached to an aromatic ring is 1. The molecule has 1 unspecified atom stereocenters. The van der Waals surface area contributed by atoms with Gasteiger partial charge in [0.15, 0.2) is 0 Å². The van der Waals surface area contributed by atoms with Crippen LogP contribution in [0.3, 0.4) is 0 Å². The summed E-state index contributed by atoms with van der Waals surface area (Å²) in [6.45, 7) is 7.76. The second kappa shape index (κ2) is 5.38. The van der Waals surface area contributed by atoms with Gasteiger partial charge >= 0.3 is 0 Å². The van der Waals surface area contributed by atoms with Crippen LogP contribution in [0.15, 0.2) is 23.1 Å². The number of sulfonamides is 1. The fraction of sp³-hybridized carbons (Fsp3) is 0.538. The number of methoxy groups -OCH3 is 1. The highest BCUT2D eigenvalue weighted by Gasteiger charge is 2.26. The largest absolute Gasteiger partial charge is 0.495 e. The first-order chi connectivity index (χ1) is 8.58. The Morgan fingerprint density at radius 3 is 2.32 bits per heavy atom. The molecule has 0 saturated carbocycles. The van der Waals surface area contributed by atoms with Crippen LogP contribution in [0.4, 0.5) is 5.69 Å². The van der Waals surface area contributed by atoms with Gasteiger partial charge in [0.05, 0.1) is 17.7 Å². The van der Waals surface area contributed by atoms with Crippen LogP contribution in [0.25, 0.3) is 0 Å². The number of nitrogens with two attached hydrogens (primary N) is 1. The van der Waals surface area contributed by atoms with Crippen molar-refractivity contribution in [1.29, 1.82) is 0 Å². The van der Waals surface area contributed by atoms with E-state index >= 15 is 0 Å². The van der Waals surface area contributed by atoms with E-state index in [0.29, 0.717) is 11.4 Å². The minimum atomic E-state index is -3.58. The number of ether oxygens (including phenoxy) is 1. The van der Waals surface area contributed by atoms with Crippen molar-refractivity contribution in [3.63, 3.8) is 0 Å². The van der Waals surface area contributed by atoms with Gasteiger partial charge in [-0.2, -0.15) is 0 Å². The smallest absolute Gasteiger partial charge is 0.240 e. The quantitative estimate of drug-likeness (QED) is 0.829. The Labute approximate surface area is 115 Å². The molecule has 0 heterocycles. The average Bonchev–Trinajstić information content (AvgIpc) is 2.27. The van der Waals surface area contributed by atoms with Crippen LogP contribution in [0.1, 0.15) is 27.7 Å². The number of rotatable bonds is 4. The predicted molar refractivity (Wildman–Crippen MR) is 76.6 cm³/mol. The van der Waals surface area contributed by atoms with Gasteiger partial charge in [0.25, 0.3) is 0 Å². The third kappa shape index (κ3) is 3.84. The molecule has 0 aliphatic rings. The van der Waals surface area contributed by atoms with Crippen LogP contribution >= 0.6 is 0 Å². The molecular formula is C13H22N2O3S. The Balaban J connectivity index is 3.05. The van der Waals surface area contributed by atoms with Crippen molar-refractivity contribution in [2.45, 2.75) is 38.6 Å². The molecule has 0 aliphatic carbocycles. The molecule has 0 aliphatic heterocycles. The molecule has 0 saturated heterocycles. The Bertz CT molecular complexity index is 547. The highest BCUT2D eigenvalue weighted by molar-refractivity contribution is 7.89. The van der Waals surface area contributed by atoms with Gasteiger partial charge in [-0.3, -0.25) is 0 Å². The second-order valence-electron chi connectivity index (χ2n) is 5.61. The van der Waals surface area contributed by atoms with E-state index < -0.39 is 10.0 Å². The van der Waals surface area contributed by atoms with Crippen molar-refractivity contribution in [2.75, 3.05) is 12.8 Å². The summed E-state index contributed by atoms with van der Waals surface area (Å²) in [7, 11) is -2.09. The number of nitrogens with one attached hydrogen (secondary N) is 1. The van der Waals surface area contributed by atoms with Crippen LogP contribution in [-0.4, -0.2) is 21.6 Å². The fourth-order valence-electron chi connectivity index (χ4n) is 1.36. The lowest BCUT2D eigenvalue weighted by Gasteiger charge is -2.27. The van der Waals surface area contributed by atoms with E-state index in [1.165, 1.54) is 19.2 Å². The van der Waals surface area contributed by atoms with E-state index in [4.69, 9.17) is 10.5 Å². The summed E-state index contributed by atoms with van der Waals surface area (Å²) in [6, 6.07) is 4.23. The van der Waals surface area contributed by atoms with Crippen molar-refractivity contribution in [1.82, 2.24) is 4.72 Å². The Hall–Kier alpha value is -1.27. The summed E-state index contributed by atoms with van der Waals surface area (Å²) < 4.78 is 32.1. The first kappa shape index (κ1) is 15.8. The van der Waals surface area contributed by atoms with Crippen molar-refractivity contribution < 1.29 is 13.2 Å². The molecule has 0 radical (unpaired) electrons. The zero-order valence-corrected chi connectivity index (χ0v) is 12.8. The average molecular weight is 286 g/mol. The molecule has 6 heteroatoms. The second-order valence-corrected chi connectivity index (χ2v) is 7.33. The molecule has 108 valence electrons. The van der Waals surface area contributed by atoms with E-state index in [9.17, 15) is 8.42 Å². The summed E-state index contributed by atoms with van der Waals surface area (Å²) in [5.74, 6) is 0.461. The molecule has 5 nitrogen and oxygen atoms in total. The van der Waals surface area contributed by atoms with Gasteiger partial charge in [-0.1, -0.05) is 20.8 Å². The zero-order chi connectivity index (χ0) is 14.8. The normalized spacial score (nSPS) is 14.2. The Morgan fingerprint density at radius 1 is 1.32 bits per heavy atom. The van der Waals surface area contributed by atoms with E-state index in [-0.39, 0.29) is 16.4 Å². The molecule has 0 bridgehead atoms. The summed E-state index contributed by atoms with van der Waals surface area (Å²) in [4.78, 5) is 0.141. The van der Waals surface area contributed by atoms with Crippen LogP contribution in [-0.2, 0) is 10.0 Å². The third-order valence-electron chi connectivity index (χ3n) is 3.14. The molecule has 19 heavy (non-hydrogen) atoms. The lowest BCUT2D eigenvalue weighted by molar-refractivity contribution is 0.317. The molecule has 0 fully saturated rings. The molecule has 1 aromatic rings. The molecule has 0 aromatic heterocycles. The van der Waals surface area contributed by atoms with Gasteiger partial charge in [-0.05, 0) is 30.5 Å². The van der Waals surface area contributed by atoms with E-state index in [0.717, 1.165) is 0 Å². The van der Waals surface area contributed by atoms with Gasteiger partial charge < -0.3 is 10.5 Å². The van der Waals surface area contributed by atoms with Crippen molar-refractivity contribution >= 4 is 15.7 Å². The van der Waals surface area contributed by atoms with Gasteiger partial charge in [0, 0.05) is 6.04 Å². The first-order valence-electron chi connectivity index (χ1n) is 6.04. The van der Waals surface area contributed by atoms with Crippen LogP contribution in [0.5, 0.6) is 5.75 Å². The minimum Gasteiger partial charge on any atom is -0.495 e. The van der Waals surface area contributed by atoms with Crippen molar-refractivity contribution in [3.8, 4) is 5.75 Å². The Kier molecular flexibility index (Phi) is 4.47. The molecule has 1 rings (SSSR count). The van der Waals surface area contributed by atoms with Gasteiger partial charge in [-0.15, -0.1) is 0 Å². The summed E-state index contributed by atoms with van der Waals surface area (Å²) in [6.07, 6.45) is 0. The van der Waals surface area contributed by atoms with Crippen LogP contribution < -0.4 is 15.2 Å². The van der Waals surface area contributed by atoms with Crippen molar-refractivity contribution in [3.05, 3.63) is 18.2 Å². The summed E-state index contributed by atoms with van der Waals surface area (Å²) in [5.41, 5.74) is 5.87. The molecule has 3 N–H and O–H groups in total. The number of hydrogen-bond donors (Lipinski definition) is 2. The number of benzene rings is 1. The topological polar surface area (TPSA) is 81.4 Å². The standard InChI is InChI=1S/C13H22N2O3S/c1-9(13(2,3)4)15-19(16,17)10-6-7-12(18-5)11(14)8-10/h6-9,15H,14H2,1-5H3. The first-order valence-corrected chi connectivity index (χ1v) is 7.52. The molecule has 0 amide bonds. The lowest BCUT2D eigenvalue weighted by Crippen LogP contribution is -2.41. The SMILES string of the molecule is COc1ccc(S(=O)(=O)NC(C)C(C)(C)C)cc1N. The summed E-state index contributed by atoms with van der Waals surface area (Å²) >= 11 is 0. The van der Waals surface area contributed by atoms with Gasteiger partial charge in [-0.25, -0.2) is 13.1 Å². The third-order valence-corrected chi connectivity index (χ3v) is 4.68. The molecule has 1 atom stereocenters. The lowest BCUT2D eigenvalue weighted by atomic mass is 9.89. The minimum absolute atomic E-state index is 0.141. The van der Waals surface area contributed by atoms with Crippen molar-refractivity contribution in [2.24, 2.45) is 5.41 Å². The molecule has 0 spiro atoms. The molecular weight excluding hydrogens is 264 g/mol. The Morgan fingerprint density at radius 2 is 1.89 bits per heavy atom. The van der Waals surface area contributed by atoms with E-state index in [1.54, 1.807) is 6.07 Å². The monoisotopic (exact) mass is 286 g/mol. The molecule has 1 aromatic carbocycles. The summed E-state index contributed by atoms with van der Waals surface area (Å²) in [5, 5.41) is 0. The highest BCUT2D eigenvalue weighted by Crippen LogP contribution is 2.26. The maximum Gasteiger partial charge on any atom is 0.240 e. The highest BCUT2D eigenvalue weighted by atomic mass is 32.2. The van der Waals surface area contributed by atoms with Gasteiger partial charge in [0.1, 0.15) is 5.75 Å². The predicted octanol–water partition coefficient (Wildman–Crippen LogP) is 1.99. The van der Waals surface area contributed by atoms with Crippen LogP contribution in [0, 0.1) is 5.41 Å². The van der Waals surface area contributed by atoms with E-state index in [2.05, 4.69) is 4.72 Å². The number of anilines is 1. The fourth-order valence-corrected chi connectivity index (χ4v) is 2.84.